The van der Waals surface area contributed by atoms with Crippen LogP contribution < -0.4 is 4.74 Å². The molecule has 0 heterocycles. The second-order valence-corrected chi connectivity index (χ2v) is 5.21. The fourth-order valence-corrected chi connectivity index (χ4v) is 2.18. The lowest BCUT2D eigenvalue weighted by Crippen LogP contribution is -2.28. The highest BCUT2D eigenvalue weighted by Gasteiger charge is 2.13. The average Bonchev–Trinajstić information content (AvgIpc) is 2.56. The maximum absolute atomic E-state index is 12.1. The van der Waals surface area contributed by atoms with Gasteiger partial charge in [0, 0.05) is 6.54 Å². The van der Waals surface area contributed by atoms with E-state index in [0.29, 0.717) is 24.5 Å². The molecule has 0 N–H and O–H groups in total. The molecule has 0 spiro atoms. The quantitative estimate of drug-likeness (QED) is 0.461. The second-order valence-electron chi connectivity index (χ2n) is 5.21. The zero-order valence-corrected chi connectivity index (χ0v) is 14.1. The van der Waals surface area contributed by atoms with E-state index in [-0.39, 0.29) is 5.97 Å². The van der Waals surface area contributed by atoms with Gasteiger partial charge in [0.15, 0.2) is 0 Å². The standard InChI is InChI=1S/C18H29NO3/c1-4-7-10-14-22-18(20)16-11-8-9-12-17(16)21-15-13-19(5-2)6-3/h8-9,11-12H,4-7,10,13-15H2,1-3H3. The first-order valence-electron chi connectivity index (χ1n) is 8.34. The molecular weight excluding hydrogens is 278 g/mol. The van der Waals surface area contributed by atoms with E-state index in [2.05, 4.69) is 25.7 Å². The first kappa shape index (κ1) is 18.5. The number of para-hydroxylation sites is 1. The van der Waals surface area contributed by atoms with Crippen LogP contribution in [-0.2, 0) is 4.74 Å². The first-order valence-corrected chi connectivity index (χ1v) is 8.34. The summed E-state index contributed by atoms with van der Waals surface area (Å²) in [5, 5.41) is 0. The van der Waals surface area contributed by atoms with Gasteiger partial charge in [-0.2, -0.15) is 0 Å². The zero-order chi connectivity index (χ0) is 16.2. The fraction of sp³-hybridized carbons (Fsp3) is 0.611. The van der Waals surface area contributed by atoms with Gasteiger partial charge in [-0.1, -0.05) is 45.7 Å². The Morgan fingerprint density at radius 3 is 2.45 bits per heavy atom. The molecule has 22 heavy (non-hydrogen) atoms. The highest BCUT2D eigenvalue weighted by Crippen LogP contribution is 2.19. The molecule has 1 aromatic carbocycles. The maximum atomic E-state index is 12.1. The molecule has 0 radical (unpaired) electrons. The van der Waals surface area contributed by atoms with E-state index >= 15 is 0 Å². The van der Waals surface area contributed by atoms with E-state index in [9.17, 15) is 4.79 Å². The first-order chi connectivity index (χ1) is 10.7. The summed E-state index contributed by atoms with van der Waals surface area (Å²) in [7, 11) is 0. The Bertz CT molecular complexity index is 430. The molecule has 0 aliphatic carbocycles. The molecule has 0 aromatic heterocycles. The van der Waals surface area contributed by atoms with E-state index < -0.39 is 0 Å². The molecule has 0 unspecified atom stereocenters. The van der Waals surface area contributed by atoms with Gasteiger partial charge in [-0.15, -0.1) is 0 Å². The molecule has 0 fully saturated rings. The second kappa shape index (κ2) is 11.1. The zero-order valence-electron chi connectivity index (χ0n) is 14.1. The summed E-state index contributed by atoms with van der Waals surface area (Å²) in [5.74, 6) is 0.310. The van der Waals surface area contributed by atoms with E-state index in [0.717, 1.165) is 38.9 Å². The number of esters is 1. The molecule has 1 aromatic rings. The number of carbonyl (C=O) groups is 1. The van der Waals surface area contributed by atoms with Gasteiger partial charge in [-0.25, -0.2) is 4.79 Å². The Balaban J connectivity index is 2.52. The molecule has 1 rings (SSSR count). The van der Waals surface area contributed by atoms with Crippen molar-refractivity contribution < 1.29 is 14.3 Å². The van der Waals surface area contributed by atoms with Crippen LogP contribution in [0.4, 0.5) is 0 Å². The van der Waals surface area contributed by atoms with Crippen LogP contribution in [0.3, 0.4) is 0 Å². The van der Waals surface area contributed by atoms with Crippen LogP contribution in [0.25, 0.3) is 0 Å². The van der Waals surface area contributed by atoms with Crippen molar-refractivity contribution in [3.63, 3.8) is 0 Å². The average molecular weight is 307 g/mol. The number of unbranched alkanes of at least 4 members (excludes halogenated alkanes) is 2. The minimum atomic E-state index is -0.297. The molecule has 0 aliphatic heterocycles. The van der Waals surface area contributed by atoms with Crippen molar-refractivity contribution in [3.8, 4) is 5.75 Å². The van der Waals surface area contributed by atoms with Gasteiger partial charge >= 0.3 is 5.97 Å². The van der Waals surface area contributed by atoms with Gasteiger partial charge in [0.25, 0.3) is 0 Å². The van der Waals surface area contributed by atoms with Crippen molar-refractivity contribution in [2.45, 2.75) is 40.0 Å². The summed E-state index contributed by atoms with van der Waals surface area (Å²) in [6.07, 6.45) is 3.10. The van der Waals surface area contributed by atoms with E-state index in [1.165, 1.54) is 0 Å². The van der Waals surface area contributed by atoms with Gasteiger partial charge in [0.2, 0.25) is 0 Å². The van der Waals surface area contributed by atoms with Crippen LogP contribution in [0.1, 0.15) is 50.4 Å². The number of hydrogen-bond donors (Lipinski definition) is 0. The number of carbonyl (C=O) groups excluding carboxylic acids is 1. The normalized spacial score (nSPS) is 10.7. The summed E-state index contributed by atoms with van der Waals surface area (Å²) >= 11 is 0. The Morgan fingerprint density at radius 2 is 1.77 bits per heavy atom. The van der Waals surface area contributed by atoms with Crippen molar-refractivity contribution in [2.75, 3.05) is 32.8 Å². The van der Waals surface area contributed by atoms with Crippen LogP contribution in [0, 0.1) is 0 Å². The van der Waals surface area contributed by atoms with Gasteiger partial charge in [0.1, 0.15) is 17.9 Å². The lowest BCUT2D eigenvalue weighted by Gasteiger charge is -2.18. The smallest absolute Gasteiger partial charge is 0.341 e. The van der Waals surface area contributed by atoms with Crippen molar-refractivity contribution in [1.82, 2.24) is 4.90 Å². The third-order valence-electron chi connectivity index (χ3n) is 3.65. The molecule has 0 aliphatic rings. The molecule has 0 bridgehead atoms. The predicted octanol–water partition coefficient (Wildman–Crippen LogP) is 3.75. The lowest BCUT2D eigenvalue weighted by molar-refractivity contribution is 0.0493. The molecule has 0 amide bonds. The number of benzene rings is 1. The fourth-order valence-electron chi connectivity index (χ4n) is 2.18. The molecule has 4 heteroatoms. The minimum Gasteiger partial charge on any atom is -0.491 e. The van der Waals surface area contributed by atoms with Crippen LogP contribution in [-0.4, -0.2) is 43.7 Å². The Hall–Kier alpha value is -1.55. The summed E-state index contributed by atoms with van der Waals surface area (Å²) in [6.45, 7) is 10.3. The van der Waals surface area contributed by atoms with Crippen molar-refractivity contribution >= 4 is 5.97 Å². The summed E-state index contributed by atoms with van der Waals surface area (Å²) in [5.41, 5.74) is 0.513. The third-order valence-corrected chi connectivity index (χ3v) is 3.65. The van der Waals surface area contributed by atoms with Crippen molar-refractivity contribution in [1.29, 1.82) is 0 Å². The Labute approximate surface area is 134 Å². The largest absolute Gasteiger partial charge is 0.491 e. The topological polar surface area (TPSA) is 38.8 Å². The van der Waals surface area contributed by atoms with E-state index in [4.69, 9.17) is 9.47 Å². The highest BCUT2D eigenvalue weighted by molar-refractivity contribution is 5.92. The Morgan fingerprint density at radius 1 is 1.05 bits per heavy atom. The molecule has 4 nitrogen and oxygen atoms in total. The molecular formula is C18H29NO3. The number of likely N-dealkylation sites (N-methyl/N-ethyl adjacent to an activating group) is 1. The van der Waals surface area contributed by atoms with Gasteiger partial charge in [-0.05, 0) is 31.6 Å². The predicted molar refractivity (Wildman–Crippen MR) is 89.5 cm³/mol. The third kappa shape index (κ3) is 6.48. The SMILES string of the molecule is CCCCCOC(=O)c1ccccc1OCCN(CC)CC. The summed E-state index contributed by atoms with van der Waals surface area (Å²) in [4.78, 5) is 14.4. The van der Waals surface area contributed by atoms with Crippen LogP contribution >= 0.6 is 0 Å². The number of nitrogens with zero attached hydrogens (tertiary/aromatic N) is 1. The Kier molecular flexibility index (Phi) is 9.31. The summed E-state index contributed by atoms with van der Waals surface area (Å²) in [6, 6.07) is 7.29. The minimum absolute atomic E-state index is 0.297. The monoisotopic (exact) mass is 307 g/mol. The maximum Gasteiger partial charge on any atom is 0.341 e. The van der Waals surface area contributed by atoms with Crippen LogP contribution in [0.15, 0.2) is 24.3 Å². The summed E-state index contributed by atoms with van der Waals surface area (Å²) < 4.78 is 11.1. The molecule has 0 saturated carbocycles. The lowest BCUT2D eigenvalue weighted by atomic mass is 10.2. The van der Waals surface area contributed by atoms with E-state index in [1.54, 1.807) is 6.07 Å². The molecule has 0 atom stereocenters. The number of rotatable bonds is 11. The van der Waals surface area contributed by atoms with Crippen LogP contribution in [0.5, 0.6) is 5.75 Å². The van der Waals surface area contributed by atoms with Gasteiger partial charge in [-0.3, -0.25) is 0 Å². The van der Waals surface area contributed by atoms with E-state index in [1.807, 2.05) is 18.2 Å². The highest BCUT2D eigenvalue weighted by atomic mass is 16.5. The molecule has 0 saturated heterocycles. The van der Waals surface area contributed by atoms with Crippen molar-refractivity contribution in [3.05, 3.63) is 29.8 Å². The van der Waals surface area contributed by atoms with Gasteiger partial charge in [0.05, 0.1) is 6.61 Å². The van der Waals surface area contributed by atoms with Gasteiger partial charge < -0.3 is 14.4 Å². The number of ether oxygens (including phenoxy) is 2. The molecule has 124 valence electrons. The van der Waals surface area contributed by atoms with Crippen molar-refractivity contribution in [2.24, 2.45) is 0 Å². The number of hydrogen-bond acceptors (Lipinski definition) is 4. The van der Waals surface area contributed by atoms with Crippen LogP contribution in [0.2, 0.25) is 0 Å².